The van der Waals surface area contributed by atoms with Crippen LogP contribution < -0.4 is 11.1 Å². The van der Waals surface area contributed by atoms with E-state index < -0.39 is 28.5 Å². The molecule has 0 spiro atoms. The van der Waals surface area contributed by atoms with Gasteiger partial charge in [-0.25, -0.2) is 4.79 Å². The van der Waals surface area contributed by atoms with Crippen molar-refractivity contribution in [3.63, 3.8) is 0 Å². The van der Waals surface area contributed by atoms with Gasteiger partial charge in [-0.2, -0.15) is 18.6 Å². The summed E-state index contributed by atoms with van der Waals surface area (Å²) >= 11 is 0. The van der Waals surface area contributed by atoms with Crippen molar-refractivity contribution in [3.8, 4) is 0 Å². The lowest BCUT2D eigenvalue weighted by Crippen LogP contribution is -2.44. The molecule has 4 rings (SSSR count). The minimum absolute atomic E-state index is 0.0419. The first-order chi connectivity index (χ1) is 14.2. The van der Waals surface area contributed by atoms with Crippen LogP contribution in [0.4, 0.5) is 10.5 Å². The molecule has 0 saturated carbocycles. The third-order valence-electron chi connectivity index (χ3n) is 5.03. The topological polar surface area (TPSA) is 176 Å². The van der Waals surface area contributed by atoms with Crippen LogP contribution in [0.3, 0.4) is 0 Å². The highest BCUT2D eigenvalue weighted by Gasteiger charge is 2.53. The van der Waals surface area contributed by atoms with Gasteiger partial charge < -0.3 is 21.2 Å². The summed E-state index contributed by atoms with van der Waals surface area (Å²) in [5.74, 6) is 0.0529. The Labute approximate surface area is 171 Å². The zero-order valence-corrected chi connectivity index (χ0v) is 16.5. The van der Waals surface area contributed by atoms with Crippen LogP contribution in [0.25, 0.3) is 0 Å². The Kier molecular flexibility index (Phi) is 4.76. The SMILES string of the molecule is Cn1ncc2c1[C@@H](/C(=N/O)NCc1ccc(N)cc1)N1C[C@H]2N(OS(=O)(=O)O)C1=O. The minimum atomic E-state index is -4.92. The summed E-state index contributed by atoms with van der Waals surface area (Å²) in [6, 6.07) is 4.55. The average molecular weight is 437 g/mol. The van der Waals surface area contributed by atoms with Gasteiger partial charge in [0.25, 0.3) is 0 Å². The highest BCUT2D eigenvalue weighted by Crippen LogP contribution is 2.44. The van der Waals surface area contributed by atoms with Crippen LogP contribution in [-0.2, 0) is 28.3 Å². The number of hydroxylamine groups is 2. The number of hydrogen-bond donors (Lipinski definition) is 4. The van der Waals surface area contributed by atoms with Crippen LogP contribution in [0.1, 0.15) is 28.9 Å². The molecule has 3 heterocycles. The molecule has 2 bridgehead atoms. The normalized spacial score (nSPS) is 21.1. The molecular formula is C16H19N7O6S. The van der Waals surface area contributed by atoms with Gasteiger partial charge in [0.2, 0.25) is 0 Å². The van der Waals surface area contributed by atoms with Gasteiger partial charge in [0.1, 0.15) is 12.1 Å². The Morgan fingerprint density at radius 3 is 2.73 bits per heavy atom. The summed E-state index contributed by atoms with van der Waals surface area (Å²) < 4.78 is 37.5. The number of rotatable bonds is 5. The van der Waals surface area contributed by atoms with Crippen molar-refractivity contribution in [2.45, 2.75) is 18.6 Å². The van der Waals surface area contributed by atoms with Crippen molar-refractivity contribution < 1.29 is 27.3 Å². The number of aromatic nitrogens is 2. The van der Waals surface area contributed by atoms with E-state index in [1.807, 2.05) is 0 Å². The number of amidine groups is 1. The zero-order chi connectivity index (χ0) is 21.6. The first-order valence-electron chi connectivity index (χ1n) is 8.78. The number of nitrogens with zero attached hydrogens (tertiary/aromatic N) is 5. The van der Waals surface area contributed by atoms with Crippen LogP contribution >= 0.6 is 0 Å². The highest BCUT2D eigenvalue weighted by atomic mass is 32.3. The Balaban J connectivity index is 1.67. The van der Waals surface area contributed by atoms with Crippen molar-refractivity contribution in [2.75, 3.05) is 12.3 Å². The maximum absolute atomic E-state index is 12.8. The third kappa shape index (κ3) is 3.40. The molecule has 0 aliphatic carbocycles. The van der Waals surface area contributed by atoms with Gasteiger partial charge >= 0.3 is 16.4 Å². The molecule has 1 aromatic heterocycles. The molecule has 13 nitrogen and oxygen atoms in total. The van der Waals surface area contributed by atoms with E-state index >= 15 is 0 Å². The van der Waals surface area contributed by atoms with Gasteiger partial charge in [-0.3, -0.25) is 9.23 Å². The lowest BCUT2D eigenvalue weighted by atomic mass is 9.97. The molecule has 160 valence electrons. The number of amides is 2. The van der Waals surface area contributed by atoms with Crippen molar-refractivity contribution in [1.82, 2.24) is 25.1 Å². The van der Waals surface area contributed by atoms with Crippen molar-refractivity contribution >= 4 is 28.0 Å². The second-order valence-electron chi connectivity index (χ2n) is 6.87. The lowest BCUT2D eigenvalue weighted by molar-refractivity contribution is -0.0316. The Hall–Kier alpha value is -3.36. The molecule has 5 N–H and O–H groups in total. The number of aryl methyl sites for hydroxylation is 1. The van der Waals surface area contributed by atoms with Gasteiger partial charge in [0.15, 0.2) is 5.84 Å². The largest absolute Gasteiger partial charge is 0.418 e. The molecule has 2 amide bonds. The number of carbonyl (C=O) groups is 1. The van der Waals surface area contributed by atoms with E-state index in [4.69, 9.17) is 10.3 Å². The number of oxime groups is 1. The van der Waals surface area contributed by atoms with E-state index in [9.17, 15) is 18.4 Å². The van der Waals surface area contributed by atoms with Gasteiger partial charge in [-0.15, -0.1) is 4.28 Å². The molecule has 1 saturated heterocycles. The number of nitrogen functional groups attached to an aromatic ring is 1. The molecule has 14 heteroatoms. The van der Waals surface area contributed by atoms with E-state index in [1.165, 1.54) is 15.8 Å². The summed E-state index contributed by atoms with van der Waals surface area (Å²) in [6.45, 7) is 0.320. The second kappa shape index (κ2) is 7.16. The van der Waals surface area contributed by atoms with Crippen molar-refractivity contribution in [1.29, 1.82) is 0 Å². The Morgan fingerprint density at radius 2 is 2.10 bits per heavy atom. The molecule has 2 atom stereocenters. The quantitative estimate of drug-likeness (QED) is 0.127. The van der Waals surface area contributed by atoms with E-state index in [1.54, 1.807) is 31.3 Å². The van der Waals surface area contributed by atoms with Gasteiger partial charge in [0.05, 0.1) is 18.4 Å². The lowest BCUT2D eigenvalue weighted by Gasteiger charge is -2.31. The third-order valence-corrected chi connectivity index (χ3v) is 5.37. The predicted octanol–water partition coefficient (Wildman–Crippen LogP) is 0.148. The first kappa shape index (κ1) is 19.9. The number of nitrogens with two attached hydrogens (primary N) is 1. The van der Waals surface area contributed by atoms with Crippen molar-refractivity contribution in [2.24, 2.45) is 12.2 Å². The number of anilines is 1. The standard InChI is InChI=1S/C16H19N7O6S/c1-21-13-11(7-19-21)12-8-22(16(24)23(12)29-30(26,27)28)14(13)15(20-25)18-6-9-2-4-10(17)5-3-9/h2-5,7,12,14,25H,6,8,17H2,1H3,(H,18,20)(H,26,27,28)/t12-,14+/m1/s1. The molecular weight excluding hydrogens is 418 g/mol. The maximum Gasteiger partial charge on any atom is 0.418 e. The van der Waals surface area contributed by atoms with Gasteiger partial charge in [-0.1, -0.05) is 17.3 Å². The smallest absolute Gasteiger partial charge is 0.409 e. The molecule has 1 aromatic carbocycles. The van der Waals surface area contributed by atoms with Gasteiger partial charge in [0, 0.05) is 24.8 Å². The number of hydrogen-bond acceptors (Lipinski definition) is 8. The molecule has 30 heavy (non-hydrogen) atoms. The van der Waals surface area contributed by atoms with E-state index in [2.05, 4.69) is 19.9 Å². The number of fused-ring (bicyclic) bond motifs is 4. The second-order valence-corrected chi connectivity index (χ2v) is 7.87. The summed E-state index contributed by atoms with van der Waals surface area (Å²) in [5.41, 5.74) is 8.16. The number of urea groups is 1. The van der Waals surface area contributed by atoms with E-state index in [0.29, 0.717) is 22.0 Å². The summed E-state index contributed by atoms with van der Waals surface area (Å²) in [7, 11) is -3.28. The fraction of sp³-hybridized carbons (Fsp3) is 0.312. The van der Waals surface area contributed by atoms with Crippen LogP contribution in [-0.4, -0.2) is 56.3 Å². The van der Waals surface area contributed by atoms with Crippen LogP contribution in [0.15, 0.2) is 35.6 Å². The molecule has 0 unspecified atom stereocenters. The van der Waals surface area contributed by atoms with E-state index in [0.717, 1.165) is 5.56 Å². The molecule has 0 radical (unpaired) electrons. The Morgan fingerprint density at radius 1 is 1.40 bits per heavy atom. The predicted molar refractivity (Wildman–Crippen MR) is 102 cm³/mol. The molecule has 2 aromatic rings. The summed E-state index contributed by atoms with van der Waals surface area (Å²) in [4.78, 5) is 14.1. The fourth-order valence-corrected chi connectivity index (χ4v) is 4.09. The maximum atomic E-state index is 12.8. The van der Waals surface area contributed by atoms with Crippen LogP contribution in [0.5, 0.6) is 0 Å². The molecule has 2 aliphatic rings. The number of carbonyl (C=O) groups excluding carboxylic acids is 1. The van der Waals surface area contributed by atoms with Crippen LogP contribution in [0.2, 0.25) is 0 Å². The summed E-state index contributed by atoms with van der Waals surface area (Å²) in [6.07, 6.45) is 1.47. The van der Waals surface area contributed by atoms with E-state index in [-0.39, 0.29) is 18.9 Å². The first-order valence-corrected chi connectivity index (χ1v) is 10.1. The zero-order valence-electron chi connectivity index (χ0n) is 15.7. The Bertz CT molecular complexity index is 1110. The van der Waals surface area contributed by atoms with Gasteiger partial charge in [-0.05, 0) is 17.7 Å². The fourth-order valence-electron chi connectivity index (χ4n) is 3.72. The minimum Gasteiger partial charge on any atom is -0.409 e. The highest BCUT2D eigenvalue weighted by molar-refractivity contribution is 7.80. The monoisotopic (exact) mass is 437 g/mol. The molecule has 2 aliphatic heterocycles. The van der Waals surface area contributed by atoms with Crippen LogP contribution in [0, 0.1) is 0 Å². The number of benzene rings is 1. The molecule has 1 fully saturated rings. The van der Waals surface area contributed by atoms with Crippen molar-refractivity contribution in [3.05, 3.63) is 47.3 Å². The number of nitrogens with one attached hydrogen (secondary N) is 1. The summed E-state index contributed by atoms with van der Waals surface area (Å²) in [5, 5.41) is 20.8. The average Bonchev–Trinajstić information content (AvgIpc) is 3.19.